The van der Waals surface area contributed by atoms with E-state index in [1.54, 1.807) is 12.1 Å². The molecule has 1 aliphatic carbocycles. The van der Waals surface area contributed by atoms with Gasteiger partial charge in [-0.05, 0) is 37.6 Å². The van der Waals surface area contributed by atoms with Gasteiger partial charge in [-0.25, -0.2) is 4.79 Å². The molecular weight excluding hydrogens is 254 g/mol. The molecule has 0 aromatic heterocycles. The first kappa shape index (κ1) is 14.7. The maximum Gasteiger partial charge on any atom is 0.340 e. The zero-order chi connectivity index (χ0) is 14.5. The Kier molecular flexibility index (Phi) is 4.84. The molecule has 0 bridgehead atoms. The van der Waals surface area contributed by atoms with Gasteiger partial charge >= 0.3 is 5.97 Å². The fourth-order valence-electron chi connectivity index (χ4n) is 2.34. The van der Waals surface area contributed by atoms with Crippen molar-refractivity contribution >= 4 is 17.3 Å². The second kappa shape index (κ2) is 6.61. The summed E-state index contributed by atoms with van der Waals surface area (Å²) in [6, 6.07) is 6.13. The van der Waals surface area contributed by atoms with Crippen molar-refractivity contribution in [3.05, 3.63) is 23.8 Å². The predicted octanol–water partition coefficient (Wildman–Crippen LogP) is 1.95. The van der Waals surface area contributed by atoms with Gasteiger partial charge in [0.2, 0.25) is 0 Å². The molecule has 0 spiro atoms. The monoisotopic (exact) mass is 277 g/mol. The van der Waals surface area contributed by atoms with Gasteiger partial charge in [0.15, 0.2) is 0 Å². The first-order valence-corrected chi connectivity index (χ1v) is 7.11. The highest BCUT2D eigenvalue weighted by molar-refractivity contribution is 5.96. The summed E-state index contributed by atoms with van der Waals surface area (Å²) in [7, 11) is 1.36. The number of benzene rings is 1. The molecule has 20 heavy (non-hydrogen) atoms. The van der Waals surface area contributed by atoms with E-state index < -0.39 is 5.97 Å². The number of ether oxygens (including phenoxy) is 1. The minimum atomic E-state index is -0.403. The van der Waals surface area contributed by atoms with Gasteiger partial charge < -0.3 is 15.8 Å². The molecule has 2 rings (SSSR count). The summed E-state index contributed by atoms with van der Waals surface area (Å²) < 4.78 is 4.72. The van der Waals surface area contributed by atoms with Gasteiger partial charge in [0.25, 0.3) is 0 Å². The third-order valence-corrected chi connectivity index (χ3v) is 3.66. The summed E-state index contributed by atoms with van der Waals surface area (Å²) in [5, 5.41) is 3.33. The highest BCUT2D eigenvalue weighted by Crippen LogP contribution is 2.26. The number of carbonyl (C=O) groups is 1. The molecule has 0 saturated heterocycles. The molecule has 5 nitrogen and oxygen atoms in total. The topological polar surface area (TPSA) is 67.6 Å². The number of hydrogen-bond acceptors (Lipinski definition) is 5. The van der Waals surface area contributed by atoms with Crippen LogP contribution in [0.25, 0.3) is 0 Å². The van der Waals surface area contributed by atoms with Crippen molar-refractivity contribution in [1.29, 1.82) is 0 Å². The molecule has 110 valence electrons. The van der Waals surface area contributed by atoms with Crippen LogP contribution >= 0.6 is 0 Å². The van der Waals surface area contributed by atoms with Crippen molar-refractivity contribution in [3.8, 4) is 0 Å². The van der Waals surface area contributed by atoms with E-state index in [1.807, 2.05) is 6.07 Å². The van der Waals surface area contributed by atoms with Crippen LogP contribution < -0.4 is 11.1 Å². The minimum Gasteiger partial charge on any atom is -0.465 e. The minimum absolute atomic E-state index is 0.403. The molecule has 1 aromatic carbocycles. The number of nitrogens with zero attached hydrogens (tertiary/aromatic N) is 1. The van der Waals surface area contributed by atoms with Crippen LogP contribution in [0.4, 0.5) is 11.4 Å². The molecule has 0 unspecified atom stereocenters. The van der Waals surface area contributed by atoms with E-state index in [0.717, 1.165) is 31.4 Å². The van der Waals surface area contributed by atoms with E-state index in [2.05, 4.69) is 17.1 Å². The van der Waals surface area contributed by atoms with Crippen molar-refractivity contribution in [2.45, 2.75) is 25.8 Å². The lowest BCUT2D eigenvalue weighted by Crippen LogP contribution is -2.30. The van der Waals surface area contributed by atoms with Crippen LogP contribution in [0.3, 0.4) is 0 Å². The van der Waals surface area contributed by atoms with Crippen molar-refractivity contribution in [2.24, 2.45) is 0 Å². The third kappa shape index (κ3) is 3.63. The van der Waals surface area contributed by atoms with Gasteiger partial charge in [-0.3, -0.25) is 4.90 Å². The lowest BCUT2D eigenvalue weighted by molar-refractivity contribution is 0.0602. The third-order valence-electron chi connectivity index (χ3n) is 3.66. The first-order valence-electron chi connectivity index (χ1n) is 7.11. The van der Waals surface area contributed by atoms with Crippen molar-refractivity contribution in [3.63, 3.8) is 0 Å². The van der Waals surface area contributed by atoms with Gasteiger partial charge in [-0.2, -0.15) is 0 Å². The average Bonchev–Trinajstić information content (AvgIpc) is 3.29. The molecule has 0 heterocycles. The highest BCUT2D eigenvalue weighted by atomic mass is 16.5. The Labute approximate surface area is 120 Å². The number of esters is 1. The molecule has 1 aromatic rings. The second-order valence-electron chi connectivity index (χ2n) is 5.08. The maximum atomic E-state index is 11.6. The van der Waals surface area contributed by atoms with Gasteiger partial charge in [-0.15, -0.1) is 0 Å². The van der Waals surface area contributed by atoms with Gasteiger partial charge in [0.05, 0.1) is 12.7 Å². The van der Waals surface area contributed by atoms with Crippen LogP contribution in [0.5, 0.6) is 0 Å². The first-order chi connectivity index (χ1) is 9.65. The second-order valence-corrected chi connectivity index (χ2v) is 5.08. The standard InChI is InChI=1S/C15H23N3O2/c1-3-18(12-5-6-12)9-8-17-11-4-7-14(16)13(10-11)15(19)20-2/h4,7,10,12,17H,3,5-6,8-9,16H2,1-2H3. The summed E-state index contributed by atoms with van der Waals surface area (Å²) in [6.45, 7) is 5.15. The fourth-order valence-corrected chi connectivity index (χ4v) is 2.34. The number of rotatable bonds is 7. The molecule has 1 fully saturated rings. The molecule has 3 N–H and O–H groups in total. The number of nitrogens with one attached hydrogen (secondary N) is 1. The molecule has 1 saturated carbocycles. The smallest absolute Gasteiger partial charge is 0.340 e. The van der Waals surface area contributed by atoms with Crippen molar-refractivity contribution in [1.82, 2.24) is 4.90 Å². The molecule has 0 aliphatic heterocycles. The van der Waals surface area contributed by atoms with E-state index in [1.165, 1.54) is 20.0 Å². The largest absolute Gasteiger partial charge is 0.465 e. The zero-order valence-corrected chi connectivity index (χ0v) is 12.2. The van der Waals surface area contributed by atoms with Crippen molar-refractivity contribution in [2.75, 3.05) is 37.8 Å². The lowest BCUT2D eigenvalue weighted by atomic mass is 10.1. The van der Waals surface area contributed by atoms with Crippen LogP contribution in [-0.2, 0) is 4.74 Å². The van der Waals surface area contributed by atoms with Crippen LogP contribution in [-0.4, -0.2) is 43.7 Å². The highest BCUT2D eigenvalue weighted by Gasteiger charge is 2.27. The number of nitrogens with two attached hydrogens (primary N) is 1. The quantitative estimate of drug-likeness (QED) is 0.589. The lowest BCUT2D eigenvalue weighted by Gasteiger charge is -2.20. The number of nitrogen functional groups attached to an aromatic ring is 1. The van der Waals surface area contributed by atoms with E-state index in [9.17, 15) is 4.79 Å². The van der Waals surface area contributed by atoms with Gasteiger partial charge in [0, 0.05) is 30.5 Å². The maximum absolute atomic E-state index is 11.6. The molecule has 0 amide bonds. The zero-order valence-electron chi connectivity index (χ0n) is 12.2. The Bertz CT molecular complexity index is 472. The molecular formula is C15H23N3O2. The summed E-state index contributed by atoms with van der Waals surface area (Å²) in [5.74, 6) is -0.403. The Morgan fingerprint density at radius 2 is 2.25 bits per heavy atom. The van der Waals surface area contributed by atoms with Crippen LogP contribution in [0.15, 0.2) is 18.2 Å². The average molecular weight is 277 g/mol. The fraction of sp³-hybridized carbons (Fsp3) is 0.533. The van der Waals surface area contributed by atoms with E-state index >= 15 is 0 Å². The van der Waals surface area contributed by atoms with Gasteiger partial charge in [0.1, 0.15) is 0 Å². The molecule has 1 aliphatic rings. The Morgan fingerprint density at radius 1 is 1.50 bits per heavy atom. The van der Waals surface area contributed by atoms with Gasteiger partial charge in [-0.1, -0.05) is 6.92 Å². The van der Waals surface area contributed by atoms with Crippen LogP contribution in [0.1, 0.15) is 30.1 Å². The summed E-state index contributed by atoms with van der Waals surface area (Å²) >= 11 is 0. The SMILES string of the molecule is CCN(CCNc1ccc(N)c(C(=O)OC)c1)C1CC1. The predicted molar refractivity (Wildman–Crippen MR) is 81.0 cm³/mol. The van der Waals surface area contributed by atoms with E-state index in [0.29, 0.717) is 11.3 Å². The Morgan fingerprint density at radius 3 is 2.85 bits per heavy atom. The number of likely N-dealkylation sites (N-methyl/N-ethyl adjacent to an activating group) is 1. The summed E-state index contributed by atoms with van der Waals surface area (Å²) in [5.41, 5.74) is 7.52. The molecule has 0 atom stereocenters. The van der Waals surface area contributed by atoms with Crippen LogP contribution in [0.2, 0.25) is 0 Å². The van der Waals surface area contributed by atoms with E-state index in [4.69, 9.17) is 10.5 Å². The summed E-state index contributed by atoms with van der Waals surface area (Å²) in [6.07, 6.45) is 2.64. The van der Waals surface area contributed by atoms with Crippen LogP contribution in [0, 0.1) is 0 Å². The Balaban J connectivity index is 1.90. The summed E-state index contributed by atoms with van der Waals surface area (Å²) in [4.78, 5) is 14.1. The number of anilines is 2. The van der Waals surface area contributed by atoms with Crippen molar-refractivity contribution < 1.29 is 9.53 Å². The molecule has 5 heteroatoms. The number of methoxy groups -OCH3 is 1. The molecule has 0 radical (unpaired) electrons. The number of carbonyl (C=O) groups excluding carboxylic acids is 1. The van der Waals surface area contributed by atoms with E-state index in [-0.39, 0.29) is 0 Å². The normalized spacial score (nSPS) is 14.3. The number of hydrogen-bond donors (Lipinski definition) is 2. The Hall–Kier alpha value is -1.75.